The van der Waals surface area contributed by atoms with E-state index in [1.807, 2.05) is 18.2 Å². The molecule has 0 spiro atoms. The number of ether oxygens (including phenoxy) is 2. The van der Waals surface area contributed by atoms with Crippen LogP contribution in [0.1, 0.15) is 19.4 Å². The van der Waals surface area contributed by atoms with Crippen LogP contribution in [-0.2, 0) is 6.61 Å². The van der Waals surface area contributed by atoms with E-state index in [-0.39, 0.29) is 12.2 Å². The molecule has 0 radical (unpaired) electrons. The molecule has 0 bridgehead atoms. The van der Waals surface area contributed by atoms with Crippen molar-refractivity contribution in [2.75, 3.05) is 32.2 Å². The molecule has 0 aliphatic rings. The van der Waals surface area contributed by atoms with Crippen molar-refractivity contribution >= 4 is 27.8 Å². The van der Waals surface area contributed by atoms with Crippen LogP contribution >= 0.6 is 0 Å². The number of rotatable bonds is 8. The molecule has 0 amide bonds. The fourth-order valence-electron chi connectivity index (χ4n) is 3.71. The van der Waals surface area contributed by atoms with Crippen LogP contribution in [0.25, 0.3) is 22.1 Å². The molecule has 0 atom stereocenters. The molecule has 0 saturated heterocycles. The van der Waals surface area contributed by atoms with Gasteiger partial charge in [0.1, 0.15) is 29.2 Å². The SMILES string of the molecule is CCN(CC)c1ccc2c(c1)oc1c(=O)n(OCc3ccc(OC)cc3OC)c(=O)[nH]c12. The van der Waals surface area contributed by atoms with Gasteiger partial charge in [-0.2, -0.15) is 0 Å². The van der Waals surface area contributed by atoms with Crippen molar-refractivity contribution < 1.29 is 18.7 Å². The Morgan fingerprint density at radius 1 is 1.03 bits per heavy atom. The highest BCUT2D eigenvalue weighted by atomic mass is 16.7. The molecular formula is C23H25N3O6. The maximum absolute atomic E-state index is 13.0. The molecule has 0 unspecified atom stereocenters. The lowest BCUT2D eigenvalue weighted by atomic mass is 10.2. The number of benzene rings is 2. The molecule has 168 valence electrons. The summed E-state index contributed by atoms with van der Waals surface area (Å²) in [4.78, 5) is 36.0. The highest BCUT2D eigenvalue weighted by molar-refractivity contribution is 6.02. The zero-order valence-electron chi connectivity index (χ0n) is 18.4. The highest BCUT2D eigenvalue weighted by Gasteiger charge is 2.18. The van der Waals surface area contributed by atoms with Gasteiger partial charge in [0.15, 0.2) is 0 Å². The molecule has 2 aromatic carbocycles. The first-order valence-corrected chi connectivity index (χ1v) is 10.3. The fourth-order valence-corrected chi connectivity index (χ4v) is 3.71. The number of fused-ring (bicyclic) bond motifs is 3. The Morgan fingerprint density at radius 2 is 1.81 bits per heavy atom. The third-order valence-corrected chi connectivity index (χ3v) is 5.44. The number of methoxy groups -OCH3 is 2. The lowest BCUT2D eigenvalue weighted by Gasteiger charge is -2.20. The summed E-state index contributed by atoms with van der Waals surface area (Å²) in [6, 6.07) is 10.8. The number of hydrogen-bond acceptors (Lipinski definition) is 7. The minimum Gasteiger partial charge on any atom is -0.497 e. The average molecular weight is 439 g/mol. The van der Waals surface area contributed by atoms with E-state index in [0.29, 0.717) is 38.3 Å². The van der Waals surface area contributed by atoms with Gasteiger partial charge in [-0.15, -0.1) is 0 Å². The van der Waals surface area contributed by atoms with Gasteiger partial charge in [0.25, 0.3) is 0 Å². The van der Waals surface area contributed by atoms with E-state index < -0.39 is 11.2 Å². The molecule has 2 heterocycles. The first-order chi connectivity index (χ1) is 15.5. The first-order valence-electron chi connectivity index (χ1n) is 10.3. The number of furan rings is 1. The first kappa shape index (κ1) is 21.4. The summed E-state index contributed by atoms with van der Waals surface area (Å²) >= 11 is 0. The van der Waals surface area contributed by atoms with E-state index in [4.69, 9.17) is 18.7 Å². The average Bonchev–Trinajstić information content (AvgIpc) is 3.17. The zero-order valence-corrected chi connectivity index (χ0v) is 18.4. The monoisotopic (exact) mass is 439 g/mol. The normalized spacial score (nSPS) is 11.1. The zero-order chi connectivity index (χ0) is 22.8. The number of aromatic amines is 1. The summed E-state index contributed by atoms with van der Waals surface area (Å²) in [5.74, 6) is 1.14. The van der Waals surface area contributed by atoms with Crippen LogP contribution in [0.4, 0.5) is 5.69 Å². The fraction of sp³-hybridized carbons (Fsp3) is 0.304. The third kappa shape index (κ3) is 3.66. The standard InChI is InChI=1S/C23H25N3O6/c1-5-25(6-2)15-8-10-17-19(11-15)32-21-20(17)24-23(28)26(22(21)27)31-13-14-7-9-16(29-3)12-18(14)30-4/h7-12H,5-6,13H2,1-4H3,(H,24,28). The van der Waals surface area contributed by atoms with E-state index >= 15 is 0 Å². The molecule has 0 saturated carbocycles. The number of aromatic nitrogens is 2. The Kier molecular flexibility index (Phi) is 5.81. The molecule has 32 heavy (non-hydrogen) atoms. The van der Waals surface area contributed by atoms with E-state index in [2.05, 4.69) is 23.7 Å². The summed E-state index contributed by atoms with van der Waals surface area (Å²) < 4.78 is 17.0. The summed E-state index contributed by atoms with van der Waals surface area (Å²) in [5, 5.41) is 0.661. The maximum Gasteiger partial charge on any atom is 0.362 e. The topological polar surface area (TPSA) is 98.9 Å². The predicted molar refractivity (Wildman–Crippen MR) is 122 cm³/mol. The van der Waals surface area contributed by atoms with Crippen LogP contribution in [0, 0.1) is 0 Å². The Bertz CT molecular complexity index is 1380. The second-order valence-electron chi connectivity index (χ2n) is 7.14. The number of nitrogens with zero attached hydrogens (tertiary/aromatic N) is 2. The second kappa shape index (κ2) is 8.70. The van der Waals surface area contributed by atoms with Crippen molar-refractivity contribution in [1.29, 1.82) is 0 Å². The summed E-state index contributed by atoms with van der Waals surface area (Å²) in [6.45, 7) is 5.76. The molecule has 4 aromatic rings. The molecule has 0 aliphatic heterocycles. The van der Waals surface area contributed by atoms with Crippen molar-refractivity contribution in [2.45, 2.75) is 20.5 Å². The van der Waals surface area contributed by atoms with Crippen LogP contribution in [0.5, 0.6) is 11.5 Å². The predicted octanol–water partition coefficient (Wildman–Crippen LogP) is 2.93. The van der Waals surface area contributed by atoms with Gasteiger partial charge in [-0.3, -0.25) is 4.79 Å². The second-order valence-corrected chi connectivity index (χ2v) is 7.14. The lowest BCUT2D eigenvalue weighted by Crippen LogP contribution is -2.39. The lowest BCUT2D eigenvalue weighted by molar-refractivity contribution is 0.0785. The number of nitrogens with one attached hydrogen (secondary N) is 1. The van der Waals surface area contributed by atoms with Crippen molar-refractivity contribution in [2.24, 2.45) is 0 Å². The summed E-state index contributed by atoms with van der Waals surface area (Å²) in [6.07, 6.45) is 0. The Labute approximate surface area is 183 Å². The van der Waals surface area contributed by atoms with E-state index in [9.17, 15) is 9.59 Å². The highest BCUT2D eigenvalue weighted by Crippen LogP contribution is 2.28. The van der Waals surface area contributed by atoms with Gasteiger partial charge in [0.2, 0.25) is 5.58 Å². The van der Waals surface area contributed by atoms with E-state index in [0.717, 1.165) is 18.8 Å². The maximum atomic E-state index is 13.0. The minimum atomic E-state index is -0.689. The van der Waals surface area contributed by atoms with Gasteiger partial charge in [0, 0.05) is 41.9 Å². The van der Waals surface area contributed by atoms with Gasteiger partial charge in [-0.25, -0.2) is 4.79 Å². The quantitative estimate of drug-likeness (QED) is 0.451. The number of H-pyrrole nitrogens is 1. The van der Waals surface area contributed by atoms with Crippen LogP contribution in [0.15, 0.2) is 50.4 Å². The Balaban J connectivity index is 1.72. The smallest absolute Gasteiger partial charge is 0.362 e. The van der Waals surface area contributed by atoms with Crippen molar-refractivity contribution in [3.63, 3.8) is 0 Å². The number of hydrogen-bond donors (Lipinski definition) is 1. The number of anilines is 1. The van der Waals surface area contributed by atoms with Gasteiger partial charge in [-0.1, -0.05) is 4.73 Å². The molecule has 9 nitrogen and oxygen atoms in total. The molecule has 0 fully saturated rings. The van der Waals surface area contributed by atoms with Crippen LogP contribution in [0.3, 0.4) is 0 Å². The molecule has 2 aromatic heterocycles. The Morgan fingerprint density at radius 3 is 2.50 bits per heavy atom. The van der Waals surface area contributed by atoms with Crippen LogP contribution in [-0.4, -0.2) is 37.0 Å². The van der Waals surface area contributed by atoms with E-state index in [1.54, 1.807) is 25.3 Å². The van der Waals surface area contributed by atoms with Crippen molar-refractivity contribution in [3.8, 4) is 11.5 Å². The Hall–Kier alpha value is -3.88. The molecular weight excluding hydrogens is 414 g/mol. The van der Waals surface area contributed by atoms with Gasteiger partial charge < -0.3 is 28.6 Å². The van der Waals surface area contributed by atoms with Gasteiger partial charge in [0.05, 0.1) is 14.2 Å². The molecule has 9 heteroatoms. The molecule has 0 aliphatic carbocycles. The van der Waals surface area contributed by atoms with Gasteiger partial charge in [-0.05, 0) is 38.1 Å². The van der Waals surface area contributed by atoms with E-state index in [1.165, 1.54) is 7.11 Å². The van der Waals surface area contributed by atoms with Crippen LogP contribution in [0.2, 0.25) is 0 Å². The van der Waals surface area contributed by atoms with Crippen molar-refractivity contribution in [1.82, 2.24) is 9.71 Å². The van der Waals surface area contributed by atoms with Crippen LogP contribution < -0.4 is 30.5 Å². The molecule has 4 rings (SSSR count). The third-order valence-electron chi connectivity index (χ3n) is 5.44. The van der Waals surface area contributed by atoms with Gasteiger partial charge >= 0.3 is 11.2 Å². The summed E-state index contributed by atoms with van der Waals surface area (Å²) in [5.41, 5.74) is 1.16. The molecule has 1 N–H and O–H groups in total. The summed E-state index contributed by atoms with van der Waals surface area (Å²) in [7, 11) is 3.07. The minimum absolute atomic E-state index is 0.0259. The van der Waals surface area contributed by atoms with Crippen molar-refractivity contribution in [3.05, 3.63) is 62.8 Å². The largest absolute Gasteiger partial charge is 0.497 e.